The first-order valence-electron chi connectivity index (χ1n) is 20.0. The molecule has 10 aromatic rings. The van der Waals surface area contributed by atoms with Crippen molar-refractivity contribution < 1.29 is 4.42 Å². The molecule has 1 aromatic heterocycles. The molecule has 0 atom stereocenters. The van der Waals surface area contributed by atoms with Crippen LogP contribution in [0, 0.1) is 0 Å². The third kappa shape index (κ3) is 5.56. The molecule has 0 fully saturated rings. The van der Waals surface area contributed by atoms with Crippen LogP contribution in [0.3, 0.4) is 0 Å². The topological polar surface area (TPSA) is 16.4 Å². The molecule has 11 rings (SSSR count). The number of nitrogens with zero attached hydrogens (tertiary/aromatic N) is 1. The number of anilines is 3. The first kappa shape index (κ1) is 33.9. The molecule has 1 heterocycles. The van der Waals surface area contributed by atoms with Crippen LogP contribution in [0.25, 0.3) is 66.4 Å². The largest absolute Gasteiger partial charge is 0.456 e. The Bertz CT molecular complexity index is 3060. The van der Waals surface area contributed by atoms with E-state index in [1.165, 1.54) is 50.1 Å². The molecule has 0 bridgehead atoms. The van der Waals surface area contributed by atoms with Gasteiger partial charge in [0.15, 0.2) is 0 Å². The van der Waals surface area contributed by atoms with Gasteiger partial charge in [0.1, 0.15) is 11.2 Å². The fourth-order valence-corrected chi connectivity index (χ4v) is 9.17. The van der Waals surface area contributed by atoms with Crippen LogP contribution in [0.2, 0.25) is 0 Å². The van der Waals surface area contributed by atoms with Crippen LogP contribution in [-0.2, 0) is 5.41 Å². The van der Waals surface area contributed by atoms with Crippen LogP contribution in [0.1, 0.15) is 23.6 Å². The van der Waals surface area contributed by atoms with Gasteiger partial charge < -0.3 is 9.32 Å². The lowest BCUT2D eigenvalue weighted by molar-refractivity contribution is 0.667. The molecule has 9 aromatic carbocycles. The molecule has 0 saturated carbocycles. The summed E-state index contributed by atoms with van der Waals surface area (Å²) in [4.78, 5) is 2.35. The Labute approximate surface area is 338 Å². The molecule has 2 nitrogen and oxygen atoms in total. The van der Waals surface area contributed by atoms with Crippen LogP contribution in [0.4, 0.5) is 17.1 Å². The molecule has 58 heavy (non-hydrogen) atoms. The third-order valence-electron chi connectivity index (χ3n) is 12.2. The summed E-state index contributed by atoms with van der Waals surface area (Å²) >= 11 is 0. The Hall–Kier alpha value is -7.42. The Morgan fingerprint density at radius 3 is 1.41 bits per heavy atom. The first-order chi connectivity index (χ1) is 28.6. The Morgan fingerprint density at radius 2 is 0.793 bits per heavy atom. The molecule has 0 radical (unpaired) electrons. The lowest BCUT2D eigenvalue weighted by Gasteiger charge is -2.28. The van der Waals surface area contributed by atoms with Gasteiger partial charge in [-0.1, -0.05) is 158 Å². The van der Waals surface area contributed by atoms with Gasteiger partial charge in [-0.25, -0.2) is 0 Å². The second-order valence-corrected chi connectivity index (χ2v) is 15.5. The molecule has 0 saturated heterocycles. The number of benzene rings is 9. The van der Waals surface area contributed by atoms with Crippen molar-refractivity contribution in [2.24, 2.45) is 0 Å². The Morgan fingerprint density at radius 1 is 0.345 bits per heavy atom. The van der Waals surface area contributed by atoms with Gasteiger partial charge in [0.25, 0.3) is 0 Å². The number of fused-ring (bicyclic) bond motifs is 6. The van der Waals surface area contributed by atoms with E-state index in [1.54, 1.807) is 0 Å². The molecular weight excluding hydrogens is 703 g/mol. The van der Waals surface area contributed by atoms with E-state index in [2.05, 4.69) is 230 Å². The average Bonchev–Trinajstić information content (AvgIpc) is 3.80. The van der Waals surface area contributed by atoms with E-state index >= 15 is 0 Å². The van der Waals surface area contributed by atoms with Crippen molar-refractivity contribution in [1.82, 2.24) is 0 Å². The van der Waals surface area contributed by atoms with Crippen LogP contribution in [-0.4, -0.2) is 0 Å². The summed E-state index contributed by atoms with van der Waals surface area (Å²) in [5.74, 6) is 0. The van der Waals surface area contributed by atoms with E-state index in [-0.39, 0.29) is 5.41 Å². The van der Waals surface area contributed by atoms with Crippen molar-refractivity contribution in [3.8, 4) is 44.5 Å². The van der Waals surface area contributed by atoms with E-state index in [0.29, 0.717) is 0 Å². The molecule has 1 aliphatic carbocycles. The minimum absolute atomic E-state index is 0.271. The lowest BCUT2D eigenvalue weighted by Crippen LogP contribution is -2.22. The molecule has 274 valence electrons. The maximum Gasteiger partial charge on any atom is 0.135 e. The summed E-state index contributed by atoms with van der Waals surface area (Å²) in [6.07, 6.45) is 0. The van der Waals surface area contributed by atoms with E-state index in [4.69, 9.17) is 4.42 Å². The molecule has 0 spiro atoms. The fourth-order valence-electron chi connectivity index (χ4n) is 9.17. The van der Waals surface area contributed by atoms with E-state index in [9.17, 15) is 0 Å². The maximum atomic E-state index is 6.45. The van der Waals surface area contributed by atoms with Gasteiger partial charge >= 0.3 is 0 Å². The van der Waals surface area contributed by atoms with Gasteiger partial charge in [0, 0.05) is 33.2 Å². The minimum atomic E-state index is -0.271. The fraction of sp³-hybridized carbons (Fsp3) is 0.0357. The van der Waals surface area contributed by atoms with Crippen molar-refractivity contribution in [2.45, 2.75) is 12.3 Å². The first-order valence-corrected chi connectivity index (χ1v) is 20.0. The number of hydrogen-bond donors (Lipinski definition) is 0. The van der Waals surface area contributed by atoms with Gasteiger partial charge in [-0.15, -0.1) is 0 Å². The Balaban J connectivity index is 0.977. The number of rotatable bonds is 7. The second kappa shape index (κ2) is 13.7. The summed E-state index contributed by atoms with van der Waals surface area (Å²) in [5, 5.41) is 2.26. The molecule has 1 aliphatic rings. The summed E-state index contributed by atoms with van der Waals surface area (Å²) in [5.41, 5.74) is 18.5. The predicted molar refractivity (Wildman–Crippen MR) is 242 cm³/mol. The van der Waals surface area contributed by atoms with Crippen molar-refractivity contribution in [2.75, 3.05) is 4.90 Å². The van der Waals surface area contributed by atoms with E-state index in [0.717, 1.165) is 50.1 Å². The van der Waals surface area contributed by atoms with Crippen LogP contribution >= 0.6 is 0 Å². The molecule has 2 heteroatoms. The van der Waals surface area contributed by atoms with Gasteiger partial charge in [-0.05, 0) is 129 Å². The normalized spacial score (nSPS) is 12.7. The van der Waals surface area contributed by atoms with Gasteiger partial charge in [-0.2, -0.15) is 0 Å². The second-order valence-electron chi connectivity index (χ2n) is 15.5. The summed E-state index contributed by atoms with van der Waals surface area (Å²) in [7, 11) is 0. The molecular formula is C56H39NO. The Kier molecular flexibility index (Phi) is 7.97. The quantitative estimate of drug-likeness (QED) is 0.162. The monoisotopic (exact) mass is 741 g/mol. The van der Waals surface area contributed by atoms with Crippen LogP contribution in [0.5, 0.6) is 0 Å². The highest BCUT2D eigenvalue weighted by atomic mass is 16.3. The van der Waals surface area contributed by atoms with Crippen molar-refractivity contribution in [1.29, 1.82) is 0 Å². The predicted octanol–water partition coefficient (Wildman–Crippen LogP) is 15.4. The standard InChI is InChI=1S/C56H39NO/c1-56(52-21-10-8-19-48(52)49-20-9-11-22-53(49)56)44-28-34-55-51(37-44)50-36-43(27-33-54(50)58-55)41-25-31-46(32-26-41)57(45-29-23-40(24-30-45)38-13-4-2-5-14-38)47-18-12-17-42(35-47)39-15-6-3-7-16-39/h2-37H,1H3. The summed E-state index contributed by atoms with van der Waals surface area (Å²) in [6.45, 7) is 2.37. The molecule has 0 amide bonds. The zero-order chi connectivity index (χ0) is 38.6. The van der Waals surface area contributed by atoms with Crippen molar-refractivity contribution >= 4 is 39.0 Å². The zero-order valence-electron chi connectivity index (χ0n) is 32.1. The number of hydrogen-bond acceptors (Lipinski definition) is 2. The highest BCUT2D eigenvalue weighted by molar-refractivity contribution is 6.07. The smallest absolute Gasteiger partial charge is 0.135 e. The summed E-state index contributed by atoms with van der Waals surface area (Å²) < 4.78 is 6.45. The SMILES string of the molecule is CC1(c2ccc3oc4ccc(-c5ccc(N(c6ccc(-c7ccccc7)cc6)c6cccc(-c7ccccc7)c6)cc5)cc4c3c2)c2ccccc2-c2ccccc21. The average molecular weight is 742 g/mol. The molecule has 0 aliphatic heterocycles. The minimum Gasteiger partial charge on any atom is -0.456 e. The maximum absolute atomic E-state index is 6.45. The number of furan rings is 1. The van der Waals surface area contributed by atoms with E-state index in [1.807, 2.05) is 0 Å². The van der Waals surface area contributed by atoms with Crippen LogP contribution < -0.4 is 4.90 Å². The van der Waals surface area contributed by atoms with Crippen molar-refractivity contribution in [3.05, 3.63) is 235 Å². The molecule has 0 N–H and O–H groups in total. The lowest BCUT2D eigenvalue weighted by atomic mass is 9.74. The van der Waals surface area contributed by atoms with Gasteiger partial charge in [-0.3, -0.25) is 0 Å². The molecule has 0 unspecified atom stereocenters. The van der Waals surface area contributed by atoms with Gasteiger partial charge in [0.2, 0.25) is 0 Å². The highest BCUT2D eigenvalue weighted by Gasteiger charge is 2.40. The van der Waals surface area contributed by atoms with Crippen molar-refractivity contribution in [3.63, 3.8) is 0 Å². The van der Waals surface area contributed by atoms with Crippen LogP contribution in [0.15, 0.2) is 223 Å². The zero-order valence-corrected chi connectivity index (χ0v) is 32.1. The van der Waals surface area contributed by atoms with E-state index < -0.39 is 0 Å². The van der Waals surface area contributed by atoms with Gasteiger partial charge in [0.05, 0.1) is 0 Å². The highest BCUT2D eigenvalue weighted by Crippen LogP contribution is 2.53. The summed E-state index contributed by atoms with van der Waals surface area (Å²) in [6, 6.07) is 78.8. The third-order valence-corrected chi connectivity index (χ3v) is 12.2.